The van der Waals surface area contributed by atoms with Crippen LogP contribution in [0.2, 0.25) is 0 Å². The highest BCUT2D eigenvalue weighted by molar-refractivity contribution is 5.76. The zero-order valence-electron chi connectivity index (χ0n) is 17.2. The molecule has 2 aromatic carbocycles. The van der Waals surface area contributed by atoms with Crippen molar-refractivity contribution in [2.24, 2.45) is 0 Å². The molecule has 3 aromatic rings. The number of hydrogen-bond acceptors (Lipinski definition) is 5. The summed E-state index contributed by atoms with van der Waals surface area (Å²) in [7, 11) is 1.68. The fourth-order valence-corrected chi connectivity index (χ4v) is 3.98. The smallest absolute Gasteiger partial charge is 0.261 e. The second-order valence-corrected chi connectivity index (χ2v) is 7.86. The van der Waals surface area contributed by atoms with Crippen molar-refractivity contribution in [1.29, 1.82) is 0 Å². The Hall–Kier alpha value is -2.96. The van der Waals surface area contributed by atoms with Crippen LogP contribution < -0.4 is 10.3 Å². The Balaban J connectivity index is 1.36. The summed E-state index contributed by atoms with van der Waals surface area (Å²) >= 11 is 0. The van der Waals surface area contributed by atoms with Gasteiger partial charge < -0.3 is 9.84 Å². The van der Waals surface area contributed by atoms with Gasteiger partial charge in [0.1, 0.15) is 5.75 Å². The first-order chi connectivity index (χ1) is 14.6. The molecule has 6 heteroatoms. The van der Waals surface area contributed by atoms with Gasteiger partial charge in [0.05, 0.1) is 36.5 Å². The lowest BCUT2D eigenvalue weighted by Crippen LogP contribution is -2.48. The summed E-state index contributed by atoms with van der Waals surface area (Å²) in [5.74, 6) is 0.858. The van der Waals surface area contributed by atoms with Gasteiger partial charge in [0.2, 0.25) is 0 Å². The monoisotopic (exact) mass is 405 g/mol. The fraction of sp³-hybridized carbons (Fsp3) is 0.333. The minimum absolute atomic E-state index is 0.101. The van der Waals surface area contributed by atoms with Crippen LogP contribution in [0.25, 0.3) is 17.0 Å². The summed E-state index contributed by atoms with van der Waals surface area (Å²) in [6, 6.07) is 15.2. The molecule has 1 aliphatic rings. The molecule has 0 bridgehead atoms. The van der Waals surface area contributed by atoms with Crippen LogP contribution in [0.15, 0.2) is 65.7 Å². The number of aromatic nitrogens is 2. The number of para-hydroxylation sites is 2. The Bertz CT molecular complexity index is 1100. The van der Waals surface area contributed by atoms with E-state index in [9.17, 15) is 9.90 Å². The molecule has 1 aromatic heterocycles. The van der Waals surface area contributed by atoms with Crippen molar-refractivity contribution in [1.82, 2.24) is 14.5 Å². The third-order valence-corrected chi connectivity index (χ3v) is 5.78. The third-order valence-electron chi connectivity index (χ3n) is 5.78. The number of methoxy groups -OCH3 is 1. The molecule has 1 N–H and O–H groups in total. The van der Waals surface area contributed by atoms with Crippen LogP contribution in [0, 0.1) is 0 Å². The number of nitrogens with zero attached hydrogens (tertiary/aromatic N) is 3. The lowest BCUT2D eigenvalue weighted by molar-refractivity contribution is -0.0325. The van der Waals surface area contributed by atoms with E-state index in [0.29, 0.717) is 23.7 Å². The van der Waals surface area contributed by atoms with Crippen LogP contribution in [0.5, 0.6) is 5.75 Å². The molecule has 0 spiro atoms. The van der Waals surface area contributed by atoms with Crippen molar-refractivity contribution >= 4 is 17.0 Å². The maximum atomic E-state index is 12.7. The topological polar surface area (TPSA) is 67.6 Å². The van der Waals surface area contributed by atoms with E-state index < -0.39 is 5.60 Å². The third kappa shape index (κ3) is 4.45. The summed E-state index contributed by atoms with van der Waals surface area (Å²) in [6.45, 7) is 2.64. The summed E-state index contributed by atoms with van der Waals surface area (Å²) in [4.78, 5) is 19.4. The standard InChI is InChI=1S/C24H27N3O3/c1-30-22-11-5-2-7-19(22)8-6-14-26-15-12-24(29,13-16-26)17-27-18-25-21-10-4-3-9-20(21)23(27)28/h2-11,18,29H,12-17H2,1H3/b8-6+. The average Bonchev–Trinajstić information content (AvgIpc) is 2.78. The Morgan fingerprint density at radius 3 is 2.67 bits per heavy atom. The normalized spacial score (nSPS) is 16.9. The number of likely N-dealkylation sites (tertiary alicyclic amines) is 1. The molecule has 2 heterocycles. The molecule has 1 fully saturated rings. The highest BCUT2D eigenvalue weighted by Crippen LogP contribution is 2.24. The maximum Gasteiger partial charge on any atom is 0.261 e. The Kier molecular flexibility index (Phi) is 5.97. The Labute approximate surface area is 176 Å². The number of piperidine rings is 1. The SMILES string of the molecule is COc1ccccc1/C=C/CN1CCC(O)(Cn2cnc3ccccc3c2=O)CC1. The van der Waals surface area contributed by atoms with Crippen molar-refractivity contribution in [2.75, 3.05) is 26.7 Å². The van der Waals surface area contributed by atoms with E-state index in [-0.39, 0.29) is 12.1 Å². The maximum absolute atomic E-state index is 12.7. The number of ether oxygens (including phenoxy) is 1. The fourth-order valence-electron chi connectivity index (χ4n) is 3.98. The molecule has 0 atom stereocenters. The lowest BCUT2D eigenvalue weighted by atomic mass is 9.91. The van der Waals surface area contributed by atoms with Gasteiger partial charge in [0.15, 0.2) is 0 Å². The minimum Gasteiger partial charge on any atom is -0.496 e. The van der Waals surface area contributed by atoms with Crippen LogP contribution in [0.4, 0.5) is 0 Å². The van der Waals surface area contributed by atoms with Gasteiger partial charge in [-0.05, 0) is 31.0 Å². The van der Waals surface area contributed by atoms with Gasteiger partial charge in [-0.25, -0.2) is 4.98 Å². The molecular formula is C24H27N3O3. The molecule has 156 valence electrons. The van der Waals surface area contributed by atoms with Crippen molar-refractivity contribution in [3.05, 3.63) is 76.9 Å². The van der Waals surface area contributed by atoms with Gasteiger partial charge in [-0.1, -0.05) is 42.5 Å². The number of rotatable bonds is 6. The number of fused-ring (bicyclic) bond motifs is 1. The minimum atomic E-state index is -0.892. The molecule has 6 nitrogen and oxygen atoms in total. The zero-order valence-corrected chi connectivity index (χ0v) is 17.2. The number of hydrogen-bond donors (Lipinski definition) is 1. The summed E-state index contributed by atoms with van der Waals surface area (Å²) in [5.41, 5.74) is 0.742. The molecule has 30 heavy (non-hydrogen) atoms. The Morgan fingerprint density at radius 1 is 1.13 bits per heavy atom. The Morgan fingerprint density at radius 2 is 1.87 bits per heavy atom. The van der Waals surface area contributed by atoms with Crippen LogP contribution in [-0.2, 0) is 6.54 Å². The summed E-state index contributed by atoms with van der Waals surface area (Å²) in [5, 5.41) is 11.6. The predicted octanol–water partition coefficient (Wildman–Crippen LogP) is 2.95. The molecular weight excluding hydrogens is 378 g/mol. The molecule has 4 rings (SSSR count). The van der Waals surface area contributed by atoms with Gasteiger partial charge in [-0.15, -0.1) is 0 Å². The molecule has 0 saturated carbocycles. The van der Waals surface area contributed by atoms with Gasteiger partial charge in [-0.2, -0.15) is 0 Å². The largest absolute Gasteiger partial charge is 0.496 e. The van der Waals surface area contributed by atoms with E-state index in [2.05, 4.69) is 22.0 Å². The molecule has 0 amide bonds. The zero-order chi connectivity index (χ0) is 21.0. The van der Waals surface area contributed by atoms with Crippen LogP contribution in [0.3, 0.4) is 0 Å². The summed E-state index contributed by atoms with van der Waals surface area (Å²) in [6.07, 6.45) is 6.98. The van der Waals surface area contributed by atoms with Gasteiger partial charge in [0.25, 0.3) is 5.56 Å². The number of benzene rings is 2. The molecule has 0 radical (unpaired) electrons. The molecule has 0 aliphatic carbocycles. The van der Waals surface area contributed by atoms with E-state index in [1.807, 2.05) is 42.5 Å². The second kappa shape index (κ2) is 8.81. The van der Waals surface area contributed by atoms with Crippen LogP contribution in [0.1, 0.15) is 18.4 Å². The highest BCUT2D eigenvalue weighted by Gasteiger charge is 2.32. The van der Waals surface area contributed by atoms with Gasteiger partial charge in [0, 0.05) is 25.2 Å². The van der Waals surface area contributed by atoms with E-state index in [0.717, 1.165) is 30.9 Å². The van der Waals surface area contributed by atoms with Gasteiger partial charge in [-0.3, -0.25) is 14.3 Å². The van der Waals surface area contributed by atoms with Crippen LogP contribution in [-0.4, -0.2) is 51.9 Å². The predicted molar refractivity (Wildman–Crippen MR) is 119 cm³/mol. The summed E-state index contributed by atoms with van der Waals surface area (Å²) < 4.78 is 6.92. The van der Waals surface area contributed by atoms with Crippen molar-refractivity contribution in [3.8, 4) is 5.75 Å². The lowest BCUT2D eigenvalue weighted by Gasteiger charge is -2.38. The van der Waals surface area contributed by atoms with E-state index >= 15 is 0 Å². The molecule has 1 saturated heterocycles. The first-order valence-corrected chi connectivity index (χ1v) is 10.3. The highest BCUT2D eigenvalue weighted by atomic mass is 16.5. The van der Waals surface area contributed by atoms with Gasteiger partial charge >= 0.3 is 0 Å². The first kappa shape index (κ1) is 20.3. The molecule has 1 aliphatic heterocycles. The van der Waals surface area contributed by atoms with Crippen LogP contribution >= 0.6 is 0 Å². The van der Waals surface area contributed by atoms with E-state index in [1.165, 1.54) is 0 Å². The van der Waals surface area contributed by atoms with Crippen molar-refractivity contribution in [2.45, 2.75) is 25.0 Å². The van der Waals surface area contributed by atoms with E-state index in [4.69, 9.17) is 4.74 Å². The second-order valence-electron chi connectivity index (χ2n) is 7.86. The van der Waals surface area contributed by atoms with E-state index in [1.54, 1.807) is 24.1 Å². The van der Waals surface area contributed by atoms with Crippen molar-refractivity contribution < 1.29 is 9.84 Å². The first-order valence-electron chi connectivity index (χ1n) is 10.3. The average molecular weight is 405 g/mol. The quantitative estimate of drug-likeness (QED) is 0.683. The molecule has 0 unspecified atom stereocenters. The van der Waals surface area contributed by atoms with Crippen molar-refractivity contribution in [3.63, 3.8) is 0 Å². The number of aliphatic hydroxyl groups is 1.